The maximum atomic E-state index is 12.6. The Morgan fingerprint density at radius 1 is 1.48 bits per heavy atom. The third-order valence-corrected chi connectivity index (χ3v) is 5.04. The van der Waals surface area contributed by atoms with Gasteiger partial charge in [0.2, 0.25) is 5.91 Å². The molecule has 0 unspecified atom stereocenters. The van der Waals surface area contributed by atoms with Crippen LogP contribution in [0.3, 0.4) is 0 Å². The van der Waals surface area contributed by atoms with Crippen molar-refractivity contribution in [3.05, 3.63) is 39.8 Å². The summed E-state index contributed by atoms with van der Waals surface area (Å²) in [6, 6.07) is 4.01. The van der Waals surface area contributed by atoms with Crippen molar-refractivity contribution in [3.8, 4) is 0 Å². The molecule has 3 heterocycles. The van der Waals surface area contributed by atoms with E-state index in [1.165, 1.54) is 0 Å². The van der Waals surface area contributed by atoms with E-state index in [4.69, 9.17) is 4.74 Å². The number of ether oxygens (including phenoxy) is 1. The molecule has 0 fully saturated rings. The molecule has 0 saturated heterocycles. The molecule has 1 aliphatic rings. The molecule has 2 aromatic rings. The van der Waals surface area contributed by atoms with Crippen molar-refractivity contribution in [1.29, 1.82) is 0 Å². The van der Waals surface area contributed by atoms with E-state index in [-0.39, 0.29) is 11.8 Å². The van der Waals surface area contributed by atoms with Crippen LogP contribution < -0.4 is 0 Å². The topological polar surface area (TPSA) is 47.4 Å². The van der Waals surface area contributed by atoms with Gasteiger partial charge in [0.15, 0.2) is 0 Å². The lowest BCUT2D eigenvalue weighted by atomic mass is 9.97. The Morgan fingerprint density at radius 3 is 3.04 bits per heavy atom. The molecular weight excluding hydrogens is 310 g/mol. The summed E-state index contributed by atoms with van der Waals surface area (Å²) in [6.45, 7) is 7.57. The molecule has 124 valence electrons. The zero-order chi connectivity index (χ0) is 16.2. The first kappa shape index (κ1) is 16.2. The van der Waals surface area contributed by atoms with Crippen LogP contribution >= 0.6 is 11.3 Å². The van der Waals surface area contributed by atoms with Crippen LogP contribution in [0.5, 0.6) is 0 Å². The maximum Gasteiger partial charge on any atom is 0.228 e. The molecule has 0 saturated carbocycles. The molecule has 1 amide bonds. The lowest BCUT2D eigenvalue weighted by molar-refractivity contribution is -0.132. The molecule has 0 radical (unpaired) electrons. The molecule has 0 N–H and O–H groups in total. The highest BCUT2D eigenvalue weighted by Gasteiger charge is 2.31. The maximum absolute atomic E-state index is 12.6. The lowest BCUT2D eigenvalue weighted by Crippen LogP contribution is -2.40. The van der Waals surface area contributed by atoms with E-state index in [0.29, 0.717) is 32.7 Å². The molecule has 6 heteroatoms. The van der Waals surface area contributed by atoms with Gasteiger partial charge in [-0.1, -0.05) is 6.07 Å². The second kappa shape index (κ2) is 7.27. The van der Waals surface area contributed by atoms with E-state index in [9.17, 15) is 4.79 Å². The first-order chi connectivity index (χ1) is 11.2. The van der Waals surface area contributed by atoms with E-state index in [1.807, 2.05) is 34.0 Å². The first-order valence-electron chi connectivity index (χ1n) is 8.15. The molecule has 5 nitrogen and oxygen atoms in total. The monoisotopic (exact) mass is 333 g/mol. The van der Waals surface area contributed by atoms with Crippen molar-refractivity contribution in [1.82, 2.24) is 14.7 Å². The predicted octanol–water partition coefficient (Wildman–Crippen LogP) is 2.67. The zero-order valence-electron chi connectivity index (χ0n) is 13.7. The molecule has 0 bridgehead atoms. The van der Waals surface area contributed by atoms with Crippen LogP contribution in [0.1, 0.15) is 35.9 Å². The molecule has 3 rings (SSSR count). The summed E-state index contributed by atoms with van der Waals surface area (Å²) in [4.78, 5) is 15.7. The van der Waals surface area contributed by atoms with Gasteiger partial charge in [0, 0.05) is 48.8 Å². The Balaban J connectivity index is 1.76. The van der Waals surface area contributed by atoms with Crippen molar-refractivity contribution in [3.63, 3.8) is 0 Å². The van der Waals surface area contributed by atoms with Crippen molar-refractivity contribution in [2.75, 3.05) is 19.8 Å². The summed E-state index contributed by atoms with van der Waals surface area (Å²) in [7, 11) is 0. The minimum absolute atomic E-state index is 0.166. The van der Waals surface area contributed by atoms with Gasteiger partial charge in [0.1, 0.15) is 0 Å². The number of aromatic nitrogens is 2. The van der Waals surface area contributed by atoms with Crippen LogP contribution in [0.25, 0.3) is 0 Å². The summed E-state index contributed by atoms with van der Waals surface area (Å²) < 4.78 is 7.58. The van der Waals surface area contributed by atoms with Crippen LogP contribution in [-0.2, 0) is 29.0 Å². The Morgan fingerprint density at radius 2 is 2.35 bits per heavy atom. The van der Waals surface area contributed by atoms with E-state index in [0.717, 1.165) is 22.7 Å². The third-order valence-electron chi connectivity index (χ3n) is 4.16. The van der Waals surface area contributed by atoms with Gasteiger partial charge in [-0.2, -0.15) is 5.10 Å². The summed E-state index contributed by atoms with van der Waals surface area (Å²) >= 11 is 1.63. The zero-order valence-corrected chi connectivity index (χ0v) is 14.5. The molecule has 1 atom stereocenters. The van der Waals surface area contributed by atoms with Crippen molar-refractivity contribution < 1.29 is 9.53 Å². The van der Waals surface area contributed by atoms with Gasteiger partial charge in [-0.05, 0) is 25.3 Å². The smallest absolute Gasteiger partial charge is 0.228 e. The SMILES string of the molecule is CCOC[C@H]1CN(C(=O)Cc2cccs2)Cc2cn(CC)nc21. The normalized spacial score (nSPS) is 17.3. The first-order valence-corrected chi connectivity index (χ1v) is 9.03. The van der Waals surface area contributed by atoms with Gasteiger partial charge in [0.25, 0.3) is 0 Å². The average Bonchev–Trinajstić information content (AvgIpc) is 3.20. The molecule has 2 aromatic heterocycles. The third kappa shape index (κ3) is 3.64. The van der Waals surface area contributed by atoms with Gasteiger partial charge in [-0.25, -0.2) is 0 Å². The predicted molar refractivity (Wildman–Crippen MR) is 90.6 cm³/mol. The number of fused-ring (bicyclic) bond motifs is 1. The Labute approximate surface area is 140 Å². The number of amides is 1. The molecule has 0 aliphatic carbocycles. The quantitative estimate of drug-likeness (QED) is 0.816. The summed E-state index contributed by atoms with van der Waals surface area (Å²) in [6.07, 6.45) is 2.55. The van der Waals surface area contributed by atoms with Gasteiger partial charge in [0.05, 0.1) is 18.7 Å². The number of nitrogens with zero attached hydrogens (tertiary/aromatic N) is 3. The van der Waals surface area contributed by atoms with Gasteiger partial charge in [-0.3, -0.25) is 9.48 Å². The number of hydrogen-bond donors (Lipinski definition) is 0. The van der Waals surface area contributed by atoms with Crippen LogP contribution in [0.4, 0.5) is 0 Å². The second-order valence-electron chi connectivity index (χ2n) is 5.78. The van der Waals surface area contributed by atoms with E-state index in [1.54, 1.807) is 11.3 Å². The average molecular weight is 333 g/mol. The van der Waals surface area contributed by atoms with Gasteiger partial charge < -0.3 is 9.64 Å². The number of hydrogen-bond acceptors (Lipinski definition) is 4. The van der Waals surface area contributed by atoms with Crippen LogP contribution in [0.15, 0.2) is 23.7 Å². The molecule has 0 spiro atoms. The fraction of sp³-hybridized carbons (Fsp3) is 0.529. The van der Waals surface area contributed by atoms with Crippen molar-refractivity contribution in [2.24, 2.45) is 0 Å². The van der Waals surface area contributed by atoms with Crippen LogP contribution in [-0.4, -0.2) is 40.3 Å². The Kier molecular flexibility index (Phi) is 5.13. The molecule has 0 aromatic carbocycles. The number of thiophene rings is 1. The van der Waals surface area contributed by atoms with E-state index in [2.05, 4.69) is 18.2 Å². The summed E-state index contributed by atoms with van der Waals surface area (Å²) in [5.41, 5.74) is 2.25. The second-order valence-corrected chi connectivity index (χ2v) is 6.81. The Hall–Kier alpha value is -1.66. The minimum atomic E-state index is 0.166. The Bertz CT molecular complexity index is 651. The fourth-order valence-electron chi connectivity index (χ4n) is 2.98. The van der Waals surface area contributed by atoms with Crippen molar-refractivity contribution in [2.45, 2.75) is 39.3 Å². The molecule has 23 heavy (non-hydrogen) atoms. The summed E-state index contributed by atoms with van der Waals surface area (Å²) in [5.74, 6) is 0.350. The van der Waals surface area contributed by atoms with Crippen LogP contribution in [0.2, 0.25) is 0 Å². The summed E-state index contributed by atoms with van der Waals surface area (Å²) in [5, 5.41) is 6.69. The largest absolute Gasteiger partial charge is 0.381 e. The highest BCUT2D eigenvalue weighted by atomic mass is 32.1. The van der Waals surface area contributed by atoms with E-state index < -0.39 is 0 Å². The number of carbonyl (C=O) groups excluding carboxylic acids is 1. The molecular formula is C17H23N3O2S. The number of carbonyl (C=O) groups is 1. The van der Waals surface area contributed by atoms with E-state index >= 15 is 0 Å². The fourth-order valence-corrected chi connectivity index (χ4v) is 3.68. The molecule has 1 aliphatic heterocycles. The van der Waals surface area contributed by atoms with Crippen molar-refractivity contribution >= 4 is 17.2 Å². The van der Waals surface area contributed by atoms with Gasteiger partial charge >= 0.3 is 0 Å². The number of rotatable bonds is 6. The highest BCUT2D eigenvalue weighted by Crippen LogP contribution is 2.28. The standard InChI is InChI=1S/C17H23N3O2S/c1-3-20-11-13-9-19(16(21)8-15-6-5-7-23-15)10-14(12-22-4-2)17(13)18-20/h5-7,11,14H,3-4,8-10,12H2,1-2H3/t14-/m1/s1. The van der Waals surface area contributed by atoms with Gasteiger partial charge in [-0.15, -0.1) is 11.3 Å². The highest BCUT2D eigenvalue weighted by molar-refractivity contribution is 7.10. The number of aryl methyl sites for hydroxylation is 1. The lowest BCUT2D eigenvalue weighted by Gasteiger charge is -2.31. The minimum Gasteiger partial charge on any atom is -0.381 e. The van der Waals surface area contributed by atoms with Crippen LogP contribution in [0, 0.1) is 0 Å².